The third-order valence-corrected chi connectivity index (χ3v) is 5.97. The molecule has 0 radical (unpaired) electrons. The predicted molar refractivity (Wildman–Crippen MR) is 113 cm³/mol. The zero-order valence-corrected chi connectivity index (χ0v) is 16.7. The Morgan fingerprint density at radius 2 is 2.00 bits per heavy atom. The Morgan fingerprint density at radius 3 is 2.71 bits per heavy atom. The molecule has 0 unspecified atom stereocenters. The fourth-order valence-corrected chi connectivity index (χ4v) is 4.44. The maximum atomic E-state index is 13.1. The highest BCUT2D eigenvalue weighted by Gasteiger charge is 2.23. The van der Waals surface area contributed by atoms with Crippen molar-refractivity contribution in [3.8, 4) is 11.3 Å². The van der Waals surface area contributed by atoms with E-state index in [1.165, 1.54) is 0 Å². The van der Waals surface area contributed by atoms with Crippen molar-refractivity contribution < 1.29 is 4.79 Å². The molecule has 1 aromatic carbocycles. The molecule has 28 heavy (non-hydrogen) atoms. The number of halogens is 1. The molecule has 0 aliphatic carbocycles. The minimum atomic E-state index is -0.287. The summed E-state index contributed by atoms with van der Waals surface area (Å²) in [6, 6.07) is 7.34. The molecule has 3 heterocycles. The molecule has 0 N–H and O–H groups in total. The van der Waals surface area contributed by atoms with Crippen LogP contribution >= 0.6 is 23.4 Å². The number of thioether (sulfide) groups is 1. The van der Waals surface area contributed by atoms with Gasteiger partial charge in [-0.1, -0.05) is 35.9 Å². The second-order valence-electron chi connectivity index (χ2n) is 6.46. The number of rotatable bonds is 4. The molecule has 8 heteroatoms. The fraction of sp³-hybridized carbons (Fsp3) is 0.250. The summed E-state index contributed by atoms with van der Waals surface area (Å²) in [5.41, 5.74) is 1.59. The van der Waals surface area contributed by atoms with Gasteiger partial charge in [-0.3, -0.25) is 18.6 Å². The summed E-state index contributed by atoms with van der Waals surface area (Å²) in [5.74, 6) is 1.70. The van der Waals surface area contributed by atoms with E-state index in [2.05, 4.69) is 11.6 Å². The van der Waals surface area contributed by atoms with Crippen LogP contribution in [0.1, 0.15) is 10.5 Å². The van der Waals surface area contributed by atoms with Crippen LogP contribution in [0.15, 0.2) is 54.1 Å². The summed E-state index contributed by atoms with van der Waals surface area (Å²) in [6.45, 7) is 5.46. The zero-order chi connectivity index (χ0) is 19.7. The first-order valence-electron chi connectivity index (χ1n) is 8.95. The number of hydrogen-bond acceptors (Lipinski definition) is 4. The lowest BCUT2D eigenvalue weighted by atomic mass is 10.1. The number of amides is 1. The molecule has 144 valence electrons. The molecule has 4 rings (SSSR count). The average Bonchev–Trinajstić information content (AvgIpc) is 3.15. The molecule has 1 aliphatic rings. The lowest BCUT2D eigenvalue weighted by Crippen LogP contribution is -2.38. The maximum Gasteiger partial charge on any atom is 0.295 e. The minimum absolute atomic E-state index is 0.141. The van der Waals surface area contributed by atoms with E-state index in [4.69, 9.17) is 11.6 Å². The van der Waals surface area contributed by atoms with Gasteiger partial charge >= 0.3 is 0 Å². The SMILES string of the molecule is C=CCn1c(-c2ccccc2Cl)cn2cc(C(=O)N3CCSCC3)nc2c1=O. The number of aromatic nitrogens is 3. The van der Waals surface area contributed by atoms with Gasteiger partial charge in [0.15, 0.2) is 0 Å². The van der Waals surface area contributed by atoms with Gasteiger partial charge in [-0.2, -0.15) is 11.8 Å². The largest absolute Gasteiger partial charge is 0.336 e. The molecule has 0 atom stereocenters. The third-order valence-electron chi connectivity index (χ3n) is 4.70. The fourth-order valence-electron chi connectivity index (χ4n) is 3.31. The number of hydrogen-bond donors (Lipinski definition) is 0. The van der Waals surface area contributed by atoms with Gasteiger partial charge in [0, 0.05) is 54.1 Å². The number of carbonyl (C=O) groups is 1. The first-order valence-corrected chi connectivity index (χ1v) is 10.5. The van der Waals surface area contributed by atoms with Crippen LogP contribution in [0.3, 0.4) is 0 Å². The summed E-state index contributed by atoms with van der Waals surface area (Å²) < 4.78 is 3.19. The van der Waals surface area contributed by atoms with Crippen molar-refractivity contribution in [1.82, 2.24) is 18.9 Å². The third kappa shape index (κ3) is 3.36. The Bertz CT molecular complexity index is 1120. The lowest BCUT2D eigenvalue weighted by Gasteiger charge is -2.25. The van der Waals surface area contributed by atoms with Crippen LogP contribution < -0.4 is 5.56 Å². The summed E-state index contributed by atoms with van der Waals surface area (Å²) in [6.07, 6.45) is 5.06. The second kappa shape index (κ2) is 7.85. The van der Waals surface area contributed by atoms with Crippen LogP contribution in [0.5, 0.6) is 0 Å². The molecule has 1 fully saturated rings. The van der Waals surface area contributed by atoms with Crippen molar-refractivity contribution in [2.75, 3.05) is 24.6 Å². The normalized spacial score (nSPS) is 14.4. The molecule has 0 spiro atoms. The van der Waals surface area contributed by atoms with Gasteiger partial charge in [0.25, 0.3) is 11.5 Å². The van der Waals surface area contributed by atoms with Gasteiger partial charge in [-0.15, -0.1) is 6.58 Å². The standard InChI is InChI=1S/C20H19ClN4O2S/c1-2-7-25-17(14-5-3-4-6-15(14)21)13-24-12-16(22-18(24)20(25)27)19(26)23-8-10-28-11-9-23/h2-6,12-13H,1,7-11H2. The molecule has 3 aromatic rings. The molecule has 6 nitrogen and oxygen atoms in total. The smallest absolute Gasteiger partial charge is 0.295 e. The molecular formula is C20H19ClN4O2S. The van der Waals surface area contributed by atoms with Crippen LogP contribution in [0.25, 0.3) is 16.9 Å². The van der Waals surface area contributed by atoms with Crippen molar-refractivity contribution >= 4 is 34.9 Å². The monoisotopic (exact) mass is 414 g/mol. The van der Waals surface area contributed by atoms with Crippen molar-refractivity contribution in [2.24, 2.45) is 0 Å². The van der Waals surface area contributed by atoms with Gasteiger partial charge in [-0.05, 0) is 6.07 Å². The van der Waals surface area contributed by atoms with E-state index in [9.17, 15) is 9.59 Å². The Hall–Kier alpha value is -2.51. The topological polar surface area (TPSA) is 59.6 Å². The van der Waals surface area contributed by atoms with Gasteiger partial charge in [0.1, 0.15) is 5.69 Å². The Kier molecular flexibility index (Phi) is 5.28. The van der Waals surface area contributed by atoms with Crippen LogP contribution in [0, 0.1) is 0 Å². The zero-order valence-electron chi connectivity index (χ0n) is 15.2. The first-order chi connectivity index (χ1) is 13.6. The summed E-state index contributed by atoms with van der Waals surface area (Å²) in [7, 11) is 0. The Balaban J connectivity index is 1.86. The van der Waals surface area contributed by atoms with E-state index < -0.39 is 0 Å². The van der Waals surface area contributed by atoms with Gasteiger partial charge in [0.2, 0.25) is 5.65 Å². The first kappa shape index (κ1) is 18.8. The number of nitrogens with zero attached hydrogens (tertiary/aromatic N) is 4. The predicted octanol–water partition coefficient (Wildman–Crippen LogP) is 3.19. The highest BCUT2D eigenvalue weighted by atomic mass is 35.5. The number of carbonyl (C=O) groups excluding carboxylic acids is 1. The van der Waals surface area contributed by atoms with Crippen molar-refractivity contribution in [3.05, 3.63) is 70.4 Å². The summed E-state index contributed by atoms with van der Waals surface area (Å²) in [5, 5.41) is 0.543. The van der Waals surface area contributed by atoms with Crippen molar-refractivity contribution in [2.45, 2.75) is 6.54 Å². The van der Waals surface area contributed by atoms with Gasteiger partial charge in [-0.25, -0.2) is 4.98 Å². The quantitative estimate of drug-likeness (QED) is 0.615. The van der Waals surface area contributed by atoms with Gasteiger partial charge < -0.3 is 4.90 Å². The average molecular weight is 415 g/mol. The summed E-state index contributed by atoms with van der Waals surface area (Å²) in [4.78, 5) is 32.0. The number of imidazole rings is 1. The van der Waals surface area contributed by atoms with Gasteiger partial charge in [0.05, 0.1) is 5.69 Å². The Labute approximate surface area is 171 Å². The van der Waals surface area contributed by atoms with E-state index in [-0.39, 0.29) is 22.8 Å². The maximum absolute atomic E-state index is 13.1. The molecule has 0 bridgehead atoms. The molecule has 1 amide bonds. The minimum Gasteiger partial charge on any atom is -0.336 e. The van der Waals surface area contributed by atoms with Crippen LogP contribution in [-0.2, 0) is 6.54 Å². The molecule has 1 saturated heterocycles. The molecular weight excluding hydrogens is 396 g/mol. The van der Waals surface area contributed by atoms with E-state index in [0.29, 0.717) is 30.4 Å². The number of fused-ring (bicyclic) bond motifs is 1. The Morgan fingerprint density at radius 1 is 1.25 bits per heavy atom. The highest BCUT2D eigenvalue weighted by molar-refractivity contribution is 7.99. The number of benzene rings is 1. The van der Waals surface area contributed by atoms with Crippen LogP contribution in [0.4, 0.5) is 0 Å². The number of allylic oxidation sites excluding steroid dienone is 1. The van der Waals surface area contributed by atoms with E-state index in [1.807, 2.05) is 30.0 Å². The highest BCUT2D eigenvalue weighted by Crippen LogP contribution is 2.27. The van der Waals surface area contributed by atoms with E-state index in [1.54, 1.807) is 38.4 Å². The lowest BCUT2D eigenvalue weighted by molar-refractivity contribution is 0.0767. The van der Waals surface area contributed by atoms with Crippen molar-refractivity contribution in [1.29, 1.82) is 0 Å². The van der Waals surface area contributed by atoms with E-state index in [0.717, 1.165) is 17.1 Å². The second-order valence-corrected chi connectivity index (χ2v) is 8.09. The van der Waals surface area contributed by atoms with E-state index >= 15 is 0 Å². The summed E-state index contributed by atoms with van der Waals surface area (Å²) >= 11 is 8.20. The van der Waals surface area contributed by atoms with Crippen molar-refractivity contribution in [3.63, 3.8) is 0 Å². The molecule has 0 saturated carbocycles. The van der Waals surface area contributed by atoms with Crippen LogP contribution in [-0.4, -0.2) is 49.4 Å². The van der Waals surface area contributed by atoms with Crippen LogP contribution in [0.2, 0.25) is 5.02 Å². The molecule has 1 aliphatic heterocycles. The molecule has 2 aromatic heterocycles.